The molecule has 0 atom stereocenters. The van der Waals surface area contributed by atoms with Crippen molar-refractivity contribution in [2.75, 3.05) is 22.9 Å². The van der Waals surface area contributed by atoms with Gasteiger partial charge in [0.1, 0.15) is 0 Å². The summed E-state index contributed by atoms with van der Waals surface area (Å²) in [7, 11) is 0. The zero-order valence-electron chi connectivity index (χ0n) is 14.2. The molecule has 27 heavy (non-hydrogen) atoms. The van der Waals surface area contributed by atoms with Gasteiger partial charge in [0.05, 0.1) is 0 Å². The summed E-state index contributed by atoms with van der Waals surface area (Å²) < 4.78 is 28.4. The summed E-state index contributed by atoms with van der Waals surface area (Å²) in [6, 6.07) is 20.7. The summed E-state index contributed by atoms with van der Waals surface area (Å²) in [5.41, 5.74) is 1.49. The van der Waals surface area contributed by atoms with E-state index in [2.05, 4.69) is 12.1 Å². The Kier molecular flexibility index (Phi) is 6.15. The molecule has 2 heterocycles. The maximum absolute atomic E-state index is 14.2. The van der Waals surface area contributed by atoms with Crippen molar-refractivity contribution in [1.82, 2.24) is 9.80 Å². The number of hydrogen-bond acceptors (Lipinski definition) is 4. The standard InChI is InChI=1S/C20H16F2N4.Pd/c21-19-13-25(17-7-3-1-4-8-17)15-23(19)11-12-24-16-26(14-20(24)22)18-9-5-2-6-10-18;/h1-7,9,13-16H,11-12H2;/q-4;. The summed E-state index contributed by atoms with van der Waals surface area (Å²) in [5.74, 6) is -0.779. The zero-order chi connectivity index (χ0) is 17.9. The average Bonchev–Trinajstić information content (AvgIpc) is 3.24. The summed E-state index contributed by atoms with van der Waals surface area (Å²) in [4.78, 5) is 6.19. The minimum atomic E-state index is -0.390. The van der Waals surface area contributed by atoms with E-state index in [1.165, 1.54) is 22.2 Å². The molecular weight excluding hydrogens is 441 g/mol. The van der Waals surface area contributed by atoms with Crippen LogP contribution in [0.25, 0.3) is 0 Å². The second-order valence-corrected chi connectivity index (χ2v) is 5.83. The van der Waals surface area contributed by atoms with Crippen LogP contribution in [0, 0.1) is 25.5 Å². The van der Waals surface area contributed by atoms with Crippen LogP contribution >= 0.6 is 0 Å². The van der Waals surface area contributed by atoms with E-state index >= 15 is 0 Å². The molecule has 0 radical (unpaired) electrons. The van der Waals surface area contributed by atoms with Gasteiger partial charge in [-0.15, -0.1) is 11.4 Å². The fraction of sp³-hybridized carbons (Fsp3) is 0.100. The third-order valence-electron chi connectivity index (χ3n) is 4.09. The van der Waals surface area contributed by atoms with E-state index in [9.17, 15) is 8.78 Å². The molecule has 0 aliphatic carbocycles. The van der Waals surface area contributed by atoms with Crippen molar-refractivity contribution < 1.29 is 29.2 Å². The maximum atomic E-state index is 14.2. The topological polar surface area (TPSA) is 13.0 Å². The van der Waals surface area contributed by atoms with Gasteiger partial charge < -0.3 is 19.6 Å². The van der Waals surface area contributed by atoms with Crippen LogP contribution in [0.3, 0.4) is 0 Å². The Balaban J connectivity index is 0.00000210. The maximum Gasteiger partial charge on any atom is 0.175 e. The van der Waals surface area contributed by atoms with Gasteiger partial charge in [-0.3, -0.25) is 0 Å². The zero-order valence-corrected chi connectivity index (χ0v) is 15.8. The molecule has 0 spiro atoms. The van der Waals surface area contributed by atoms with Crippen molar-refractivity contribution in [3.05, 3.63) is 98.3 Å². The molecule has 2 aliphatic heterocycles. The molecular formula is C20H16F2N4Pd-4. The summed E-state index contributed by atoms with van der Waals surface area (Å²) in [6.07, 6.45) is 2.77. The van der Waals surface area contributed by atoms with Crippen LogP contribution in [0.2, 0.25) is 0 Å². The first-order valence-electron chi connectivity index (χ1n) is 8.19. The Morgan fingerprint density at radius 1 is 0.741 bits per heavy atom. The van der Waals surface area contributed by atoms with E-state index < -0.39 is 0 Å². The van der Waals surface area contributed by atoms with Gasteiger partial charge in [-0.2, -0.15) is 82.8 Å². The minimum absolute atomic E-state index is 0. The van der Waals surface area contributed by atoms with Crippen molar-refractivity contribution >= 4 is 11.4 Å². The number of anilines is 2. The third kappa shape index (κ3) is 4.32. The van der Waals surface area contributed by atoms with Gasteiger partial charge >= 0.3 is 0 Å². The second-order valence-electron chi connectivity index (χ2n) is 5.83. The van der Waals surface area contributed by atoms with Gasteiger partial charge in [0.15, 0.2) is 11.9 Å². The van der Waals surface area contributed by atoms with Crippen LogP contribution in [-0.2, 0) is 20.4 Å². The molecule has 0 unspecified atom stereocenters. The predicted octanol–water partition coefficient (Wildman–Crippen LogP) is 4.00. The van der Waals surface area contributed by atoms with Crippen molar-refractivity contribution in [1.29, 1.82) is 0 Å². The summed E-state index contributed by atoms with van der Waals surface area (Å²) in [6.45, 7) is 3.88. The van der Waals surface area contributed by atoms with Gasteiger partial charge in [-0.25, -0.2) is 0 Å². The Labute approximate surface area is 171 Å². The van der Waals surface area contributed by atoms with Crippen LogP contribution in [0.1, 0.15) is 0 Å². The fourth-order valence-electron chi connectivity index (χ4n) is 2.75. The van der Waals surface area contributed by atoms with Crippen LogP contribution in [0.4, 0.5) is 20.2 Å². The van der Waals surface area contributed by atoms with Gasteiger partial charge in [0, 0.05) is 45.9 Å². The van der Waals surface area contributed by atoms with E-state index in [1.807, 2.05) is 36.4 Å². The summed E-state index contributed by atoms with van der Waals surface area (Å²) >= 11 is 0. The SMILES string of the molecule is FC1=CN(c2[c-]cccc2)[CH-]N1CCN1[CH-]N(c2[c-]cccc2)C=C1F.[Pd]. The van der Waals surface area contributed by atoms with E-state index in [4.69, 9.17) is 0 Å². The number of benzene rings is 2. The minimum Gasteiger partial charge on any atom is -0.498 e. The summed E-state index contributed by atoms with van der Waals surface area (Å²) in [5, 5.41) is 0. The number of halogens is 2. The monoisotopic (exact) mass is 456 g/mol. The molecule has 0 N–H and O–H groups in total. The molecule has 144 valence electrons. The van der Waals surface area contributed by atoms with Gasteiger partial charge in [-0.1, -0.05) is 0 Å². The number of rotatable bonds is 5. The molecule has 0 saturated carbocycles. The van der Waals surface area contributed by atoms with Gasteiger partial charge in [0.25, 0.3) is 0 Å². The Morgan fingerprint density at radius 3 is 1.56 bits per heavy atom. The fourth-order valence-corrected chi connectivity index (χ4v) is 2.75. The van der Waals surface area contributed by atoms with Crippen molar-refractivity contribution in [3.63, 3.8) is 0 Å². The Bertz CT molecular complexity index is 744. The molecule has 0 saturated heterocycles. The molecule has 4 rings (SSSR count). The van der Waals surface area contributed by atoms with E-state index in [0.29, 0.717) is 13.1 Å². The first-order chi connectivity index (χ1) is 12.7. The quantitative estimate of drug-likeness (QED) is 0.383. The Morgan fingerprint density at radius 2 is 1.19 bits per heavy atom. The predicted molar refractivity (Wildman–Crippen MR) is 95.9 cm³/mol. The number of para-hydroxylation sites is 2. The average molecular weight is 457 g/mol. The number of nitrogens with zero attached hydrogens (tertiary/aromatic N) is 4. The van der Waals surface area contributed by atoms with Crippen molar-refractivity contribution in [3.8, 4) is 0 Å². The normalized spacial score (nSPS) is 16.4. The second kappa shape index (κ2) is 8.55. The van der Waals surface area contributed by atoms with Gasteiger partial charge in [-0.05, 0) is 0 Å². The van der Waals surface area contributed by atoms with E-state index in [1.54, 1.807) is 35.3 Å². The Hall–Kier alpha value is -2.36. The molecule has 2 aromatic carbocycles. The van der Waals surface area contributed by atoms with Crippen LogP contribution < -0.4 is 9.80 Å². The van der Waals surface area contributed by atoms with Gasteiger partial charge in [0.2, 0.25) is 0 Å². The first kappa shape index (κ1) is 19.4. The van der Waals surface area contributed by atoms with Crippen molar-refractivity contribution in [2.24, 2.45) is 0 Å². The number of hydrogen-bond donors (Lipinski definition) is 0. The first-order valence-corrected chi connectivity index (χ1v) is 8.19. The third-order valence-corrected chi connectivity index (χ3v) is 4.09. The van der Waals surface area contributed by atoms with Crippen LogP contribution in [0.5, 0.6) is 0 Å². The molecule has 0 bridgehead atoms. The molecule has 7 heteroatoms. The molecule has 0 amide bonds. The van der Waals surface area contributed by atoms with Crippen molar-refractivity contribution in [2.45, 2.75) is 0 Å². The largest absolute Gasteiger partial charge is 0.498 e. The molecule has 4 nitrogen and oxygen atoms in total. The van der Waals surface area contributed by atoms with E-state index in [0.717, 1.165) is 11.4 Å². The molecule has 0 fully saturated rings. The van der Waals surface area contributed by atoms with Crippen LogP contribution in [0.15, 0.2) is 72.8 Å². The molecule has 2 aromatic rings. The molecule has 0 aromatic heterocycles. The molecule has 2 aliphatic rings. The van der Waals surface area contributed by atoms with E-state index in [-0.39, 0.29) is 32.3 Å². The smallest absolute Gasteiger partial charge is 0.175 e. The van der Waals surface area contributed by atoms with Crippen LogP contribution in [-0.4, -0.2) is 22.9 Å².